The van der Waals surface area contributed by atoms with Gasteiger partial charge >= 0.3 is 0 Å². The van der Waals surface area contributed by atoms with Gasteiger partial charge in [-0.2, -0.15) is 0 Å². The molecule has 3 aromatic rings. The number of nitrogens with zero attached hydrogens (tertiary/aromatic N) is 1. The first-order chi connectivity index (χ1) is 10.7. The molecule has 0 atom stereocenters. The first kappa shape index (κ1) is 14.5. The van der Waals surface area contributed by atoms with E-state index in [4.69, 9.17) is 0 Å². The fourth-order valence-corrected chi connectivity index (χ4v) is 2.61. The van der Waals surface area contributed by atoms with E-state index >= 15 is 0 Å². The van der Waals surface area contributed by atoms with Crippen LogP contribution in [-0.2, 0) is 6.54 Å². The van der Waals surface area contributed by atoms with Gasteiger partial charge in [0.25, 0.3) is 0 Å². The Kier molecular flexibility index (Phi) is 4.35. The van der Waals surface area contributed by atoms with E-state index in [1.54, 1.807) is 12.1 Å². The number of rotatable bonds is 5. The second-order valence-corrected chi connectivity index (χ2v) is 5.48. The highest BCUT2D eigenvalue weighted by molar-refractivity contribution is 5.82. The number of aromatic nitrogens is 1. The van der Waals surface area contributed by atoms with Gasteiger partial charge < -0.3 is 4.98 Å². The number of hydrogen-bond acceptors (Lipinski definition) is 1. The lowest BCUT2D eigenvalue weighted by Gasteiger charge is -2.15. The van der Waals surface area contributed by atoms with Crippen molar-refractivity contribution < 1.29 is 4.39 Å². The second-order valence-electron chi connectivity index (χ2n) is 5.48. The number of likely N-dealkylation sites (N-methyl/N-ethyl adjacent to an activating group) is 1. The van der Waals surface area contributed by atoms with Crippen molar-refractivity contribution in [1.82, 2.24) is 9.88 Å². The average molecular weight is 294 g/mol. The summed E-state index contributed by atoms with van der Waals surface area (Å²) < 4.78 is 13.5. The topological polar surface area (TPSA) is 19.0 Å². The Labute approximate surface area is 129 Å². The van der Waals surface area contributed by atoms with E-state index < -0.39 is 0 Å². The van der Waals surface area contributed by atoms with Crippen LogP contribution in [0, 0.1) is 5.82 Å². The Balaban J connectivity index is 1.64. The number of nitrogens with one attached hydrogen (secondary N) is 1. The maximum absolute atomic E-state index is 13.5. The smallest absolute Gasteiger partial charge is 0.130 e. The molecule has 2 nitrogen and oxygen atoms in total. The summed E-state index contributed by atoms with van der Waals surface area (Å²) in [7, 11) is 2.06. The van der Waals surface area contributed by atoms with Crippen molar-refractivity contribution in [2.75, 3.05) is 13.6 Å². The number of fused-ring (bicyclic) bond motifs is 1. The molecule has 112 valence electrons. The molecule has 0 saturated heterocycles. The fraction of sp³-hybridized carbons (Fsp3) is 0.158. The van der Waals surface area contributed by atoms with Gasteiger partial charge in [0.2, 0.25) is 0 Å². The first-order valence-electron chi connectivity index (χ1n) is 7.38. The minimum atomic E-state index is -0.183. The van der Waals surface area contributed by atoms with Crippen molar-refractivity contribution in [2.45, 2.75) is 6.54 Å². The van der Waals surface area contributed by atoms with Crippen molar-refractivity contribution in [3.05, 3.63) is 77.7 Å². The predicted molar refractivity (Wildman–Crippen MR) is 90.1 cm³/mol. The molecule has 3 heteroatoms. The quantitative estimate of drug-likeness (QED) is 0.736. The standard InChI is InChI=1S/C19H19FN2/c1-22(13-5-9-15-6-2-3-10-18(15)20)14-17-8-4-7-16-11-12-21-19(16)17/h2-12,21H,13-14H2,1H3/b9-5+. The molecule has 0 aliphatic heterocycles. The van der Waals surface area contributed by atoms with Crippen LogP contribution in [0.25, 0.3) is 17.0 Å². The summed E-state index contributed by atoms with van der Waals surface area (Å²) in [5, 5.41) is 1.23. The van der Waals surface area contributed by atoms with Crippen molar-refractivity contribution in [1.29, 1.82) is 0 Å². The predicted octanol–water partition coefficient (Wildman–Crippen LogP) is 4.45. The molecule has 0 spiro atoms. The van der Waals surface area contributed by atoms with Crippen LogP contribution in [0.5, 0.6) is 0 Å². The SMILES string of the molecule is CN(C/C=C/c1ccccc1F)Cc1cccc2cc[nH]c12. The van der Waals surface area contributed by atoms with E-state index in [9.17, 15) is 4.39 Å². The molecule has 0 radical (unpaired) electrons. The Bertz CT molecular complexity index is 789. The Morgan fingerprint density at radius 2 is 1.95 bits per heavy atom. The zero-order chi connectivity index (χ0) is 15.4. The van der Waals surface area contributed by atoms with Crippen molar-refractivity contribution >= 4 is 17.0 Å². The number of para-hydroxylation sites is 1. The van der Waals surface area contributed by atoms with Gasteiger partial charge in [0, 0.05) is 30.4 Å². The minimum absolute atomic E-state index is 0.183. The van der Waals surface area contributed by atoms with Gasteiger partial charge in [-0.1, -0.05) is 48.6 Å². The van der Waals surface area contributed by atoms with E-state index in [-0.39, 0.29) is 5.82 Å². The van der Waals surface area contributed by atoms with Crippen molar-refractivity contribution in [2.24, 2.45) is 0 Å². The minimum Gasteiger partial charge on any atom is -0.361 e. The molecule has 0 aliphatic rings. The third-order valence-corrected chi connectivity index (χ3v) is 3.73. The Morgan fingerprint density at radius 1 is 1.09 bits per heavy atom. The second kappa shape index (κ2) is 6.58. The molecule has 3 rings (SSSR count). The maximum atomic E-state index is 13.5. The highest BCUT2D eigenvalue weighted by atomic mass is 19.1. The molecule has 0 fully saturated rings. The van der Waals surface area contributed by atoms with E-state index in [0.29, 0.717) is 5.56 Å². The van der Waals surface area contributed by atoms with Crippen LogP contribution >= 0.6 is 0 Å². The van der Waals surface area contributed by atoms with Crippen LogP contribution in [0.4, 0.5) is 4.39 Å². The molecular weight excluding hydrogens is 275 g/mol. The molecule has 1 heterocycles. The van der Waals surface area contributed by atoms with Crippen LogP contribution < -0.4 is 0 Å². The van der Waals surface area contributed by atoms with Gasteiger partial charge in [0.1, 0.15) is 5.82 Å². The maximum Gasteiger partial charge on any atom is 0.130 e. The van der Waals surface area contributed by atoms with E-state index in [1.807, 2.05) is 24.4 Å². The van der Waals surface area contributed by atoms with Gasteiger partial charge in [0.15, 0.2) is 0 Å². The summed E-state index contributed by atoms with van der Waals surface area (Å²) in [5.74, 6) is -0.183. The monoisotopic (exact) mass is 294 g/mol. The molecule has 0 amide bonds. The zero-order valence-corrected chi connectivity index (χ0v) is 12.6. The lowest BCUT2D eigenvalue weighted by atomic mass is 10.1. The Morgan fingerprint density at radius 3 is 2.82 bits per heavy atom. The molecule has 22 heavy (non-hydrogen) atoms. The molecule has 0 saturated carbocycles. The molecule has 1 N–H and O–H groups in total. The van der Waals surface area contributed by atoms with E-state index in [2.05, 4.69) is 41.2 Å². The molecular formula is C19H19FN2. The lowest BCUT2D eigenvalue weighted by molar-refractivity contribution is 0.365. The third kappa shape index (κ3) is 3.26. The van der Waals surface area contributed by atoms with Gasteiger partial charge in [-0.25, -0.2) is 4.39 Å². The number of H-pyrrole nitrogens is 1. The average Bonchev–Trinajstić information content (AvgIpc) is 2.99. The number of benzene rings is 2. The summed E-state index contributed by atoms with van der Waals surface area (Å²) in [6, 6.07) is 15.2. The van der Waals surface area contributed by atoms with Crippen LogP contribution in [0.2, 0.25) is 0 Å². The van der Waals surface area contributed by atoms with Gasteiger partial charge in [-0.05, 0) is 30.1 Å². The molecule has 0 aliphatic carbocycles. The number of aromatic amines is 1. The molecule has 2 aromatic carbocycles. The van der Waals surface area contributed by atoms with Gasteiger partial charge in [-0.3, -0.25) is 4.90 Å². The van der Waals surface area contributed by atoms with E-state index in [1.165, 1.54) is 22.5 Å². The van der Waals surface area contributed by atoms with Crippen LogP contribution in [-0.4, -0.2) is 23.5 Å². The summed E-state index contributed by atoms with van der Waals surface area (Å²) >= 11 is 0. The Hall–Kier alpha value is -2.39. The molecule has 0 bridgehead atoms. The summed E-state index contributed by atoms with van der Waals surface area (Å²) in [6.45, 7) is 1.62. The van der Waals surface area contributed by atoms with Crippen LogP contribution in [0.3, 0.4) is 0 Å². The molecule has 1 aromatic heterocycles. The van der Waals surface area contributed by atoms with E-state index in [0.717, 1.165) is 13.1 Å². The highest BCUT2D eigenvalue weighted by Crippen LogP contribution is 2.18. The van der Waals surface area contributed by atoms with Crippen LogP contribution in [0.15, 0.2) is 60.8 Å². The summed E-state index contributed by atoms with van der Waals surface area (Å²) in [5.41, 5.74) is 3.08. The van der Waals surface area contributed by atoms with Crippen molar-refractivity contribution in [3.63, 3.8) is 0 Å². The normalized spacial score (nSPS) is 11.8. The van der Waals surface area contributed by atoms with Crippen LogP contribution in [0.1, 0.15) is 11.1 Å². The van der Waals surface area contributed by atoms with Gasteiger partial charge in [-0.15, -0.1) is 0 Å². The summed E-state index contributed by atoms with van der Waals surface area (Å²) in [6.07, 6.45) is 5.79. The first-order valence-corrected chi connectivity index (χ1v) is 7.38. The highest BCUT2D eigenvalue weighted by Gasteiger charge is 2.04. The fourth-order valence-electron chi connectivity index (χ4n) is 2.61. The summed E-state index contributed by atoms with van der Waals surface area (Å²) in [4.78, 5) is 5.49. The van der Waals surface area contributed by atoms with Crippen molar-refractivity contribution in [3.8, 4) is 0 Å². The third-order valence-electron chi connectivity index (χ3n) is 3.73. The number of hydrogen-bond donors (Lipinski definition) is 1. The molecule has 0 unspecified atom stereocenters. The number of halogens is 1. The van der Waals surface area contributed by atoms with Gasteiger partial charge in [0.05, 0.1) is 0 Å². The lowest BCUT2D eigenvalue weighted by Crippen LogP contribution is -2.17. The zero-order valence-electron chi connectivity index (χ0n) is 12.6. The largest absolute Gasteiger partial charge is 0.361 e.